The van der Waals surface area contributed by atoms with E-state index in [-0.39, 0.29) is 12.2 Å². The third-order valence-corrected chi connectivity index (χ3v) is 3.82. The number of carbonyl (C=O) groups is 2. The highest BCUT2D eigenvalue weighted by atomic mass is 16.7. The molecule has 0 saturated heterocycles. The lowest BCUT2D eigenvalue weighted by Gasteiger charge is -2.22. The first kappa shape index (κ1) is 16.8. The highest BCUT2D eigenvalue weighted by Crippen LogP contribution is 2.34. The van der Waals surface area contributed by atoms with Crippen LogP contribution in [0.4, 0.5) is 11.4 Å². The zero-order valence-corrected chi connectivity index (χ0v) is 14.4. The zero-order chi connectivity index (χ0) is 18.0. The molecule has 1 aliphatic heterocycles. The lowest BCUT2D eigenvalue weighted by molar-refractivity contribution is -0.133. The molecule has 2 aromatic rings. The molecule has 6 nitrogen and oxygen atoms in total. The van der Waals surface area contributed by atoms with Crippen molar-refractivity contribution in [3.63, 3.8) is 0 Å². The second-order valence-corrected chi connectivity index (χ2v) is 6.77. The number of hydrogen-bond acceptors (Lipinski definition) is 4. The van der Waals surface area contributed by atoms with E-state index in [1.807, 2.05) is 39.0 Å². The van der Waals surface area contributed by atoms with Gasteiger partial charge in [-0.05, 0) is 29.2 Å². The molecular formula is C19H20N2O4. The van der Waals surface area contributed by atoms with E-state index in [0.29, 0.717) is 22.9 Å². The number of amides is 2. The number of fused-ring (bicyclic) bond motifs is 1. The fraction of sp³-hybridized carbons (Fsp3) is 0.263. The van der Waals surface area contributed by atoms with E-state index >= 15 is 0 Å². The van der Waals surface area contributed by atoms with Crippen LogP contribution in [0.5, 0.6) is 11.5 Å². The molecule has 6 heteroatoms. The van der Waals surface area contributed by atoms with Gasteiger partial charge in [0.25, 0.3) is 0 Å². The zero-order valence-electron chi connectivity index (χ0n) is 14.4. The van der Waals surface area contributed by atoms with Gasteiger partial charge >= 0.3 is 11.8 Å². The van der Waals surface area contributed by atoms with Crippen molar-refractivity contribution in [2.75, 3.05) is 17.4 Å². The fourth-order valence-electron chi connectivity index (χ4n) is 2.59. The van der Waals surface area contributed by atoms with Crippen LogP contribution in [0.25, 0.3) is 0 Å². The van der Waals surface area contributed by atoms with E-state index in [9.17, 15) is 9.59 Å². The van der Waals surface area contributed by atoms with Gasteiger partial charge in [0.15, 0.2) is 11.5 Å². The topological polar surface area (TPSA) is 76.7 Å². The van der Waals surface area contributed by atoms with Crippen LogP contribution in [0.1, 0.15) is 26.3 Å². The number of carbonyl (C=O) groups excluding carboxylic acids is 2. The van der Waals surface area contributed by atoms with Gasteiger partial charge in [-0.15, -0.1) is 0 Å². The quantitative estimate of drug-likeness (QED) is 0.823. The summed E-state index contributed by atoms with van der Waals surface area (Å²) in [5, 5.41) is 5.25. The van der Waals surface area contributed by atoms with Crippen molar-refractivity contribution >= 4 is 23.2 Å². The van der Waals surface area contributed by atoms with Crippen LogP contribution in [0.2, 0.25) is 0 Å². The van der Waals surface area contributed by atoms with E-state index in [2.05, 4.69) is 10.6 Å². The molecule has 1 heterocycles. The molecule has 0 atom stereocenters. The molecule has 1 aliphatic rings. The van der Waals surface area contributed by atoms with Gasteiger partial charge in [-0.25, -0.2) is 0 Å². The molecule has 0 bridgehead atoms. The van der Waals surface area contributed by atoms with Crippen molar-refractivity contribution in [1.29, 1.82) is 0 Å². The first-order chi connectivity index (χ1) is 11.8. The van der Waals surface area contributed by atoms with Gasteiger partial charge in [0.1, 0.15) is 0 Å². The fourth-order valence-corrected chi connectivity index (χ4v) is 2.59. The molecule has 130 valence electrons. The molecule has 2 N–H and O–H groups in total. The maximum absolute atomic E-state index is 12.3. The van der Waals surface area contributed by atoms with Gasteiger partial charge in [0, 0.05) is 17.4 Å². The third kappa shape index (κ3) is 3.74. The highest BCUT2D eigenvalue weighted by Gasteiger charge is 2.21. The van der Waals surface area contributed by atoms with E-state index in [4.69, 9.17) is 9.47 Å². The summed E-state index contributed by atoms with van der Waals surface area (Å²) in [5.74, 6) is -0.324. The van der Waals surface area contributed by atoms with Gasteiger partial charge in [0.2, 0.25) is 6.79 Å². The number of hydrogen-bond donors (Lipinski definition) is 2. The summed E-state index contributed by atoms with van der Waals surface area (Å²) < 4.78 is 10.5. The number of rotatable bonds is 2. The van der Waals surface area contributed by atoms with Gasteiger partial charge < -0.3 is 20.1 Å². The first-order valence-corrected chi connectivity index (χ1v) is 7.96. The van der Waals surface area contributed by atoms with E-state index < -0.39 is 11.8 Å². The molecule has 25 heavy (non-hydrogen) atoms. The minimum Gasteiger partial charge on any atom is -0.454 e. The molecule has 0 spiro atoms. The Kier molecular flexibility index (Phi) is 4.35. The maximum atomic E-state index is 12.3. The number of anilines is 2. The average Bonchev–Trinajstić information content (AvgIpc) is 3.02. The van der Waals surface area contributed by atoms with Crippen LogP contribution in [-0.4, -0.2) is 18.6 Å². The van der Waals surface area contributed by atoms with Crippen LogP contribution in [0.15, 0.2) is 42.5 Å². The van der Waals surface area contributed by atoms with Crippen LogP contribution >= 0.6 is 0 Å². The summed E-state index contributed by atoms with van der Waals surface area (Å²) in [5.41, 5.74) is 1.89. The summed E-state index contributed by atoms with van der Waals surface area (Å²) in [7, 11) is 0. The predicted octanol–water partition coefficient (Wildman–Crippen LogP) is 3.29. The molecule has 2 aromatic carbocycles. The molecule has 0 unspecified atom stereocenters. The van der Waals surface area contributed by atoms with Gasteiger partial charge in [-0.1, -0.05) is 39.0 Å². The number of ether oxygens (including phenoxy) is 2. The SMILES string of the molecule is CC(C)(C)c1ccccc1NC(=O)C(=O)Nc1ccc2c(c1)OCO2. The van der Waals surface area contributed by atoms with Crippen LogP contribution in [0.3, 0.4) is 0 Å². The van der Waals surface area contributed by atoms with E-state index in [1.54, 1.807) is 24.3 Å². The number of para-hydroxylation sites is 1. The van der Waals surface area contributed by atoms with Crippen molar-refractivity contribution < 1.29 is 19.1 Å². The number of nitrogens with one attached hydrogen (secondary N) is 2. The van der Waals surface area contributed by atoms with Gasteiger partial charge in [-0.2, -0.15) is 0 Å². The lowest BCUT2D eigenvalue weighted by Crippen LogP contribution is -2.30. The largest absolute Gasteiger partial charge is 0.454 e. The first-order valence-electron chi connectivity index (χ1n) is 7.96. The van der Waals surface area contributed by atoms with Crippen LogP contribution in [0, 0.1) is 0 Å². The Balaban J connectivity index is 1.71. The highest BCUT2D eigenvalue weighted by molar-refractivity contribution is 6.43. The summed E-state index contributed by atoms with van der Waals surface area (Å²) in [6.07, 6.45) is 0. The maximum Gasteiger partial charge on any atom is 0.314 e. The van der Waals surface area contributed by atoms with Crippen molar-refractivity contribution in [2.45, 2.75) is 26.2 Å². The average molecular weight is 340 g/mol. The van der Waals surface area contributed by atoms with Gasteiger partial charge in [-0.3, -0.25) is 9.59 Å². The summed E-state index contributed by atoms with van der Waals surface area (Å²) in [6, 6.07) is 12.4. The Morgan fingerprint density at radius 2 is 1.60 bits per heavy atom. The van der Waals surface area contributed by atoms with Gasteiger partial charge in [0.05, 0.1) is 0 Å². The summed E-state index contributed by atoms with van der Waals surface area (Å²) in [6.45, 7) is 6.29. The third-order valence-electron chi connectivity index (χ3n) is 3.82. The Morgan fingerprint density at radius 3 is 2.36 bits per heavy atom. The van der Waals surface area contributed by atoms with E-state index in [1.165, 1.54) is 0 Å². The molecule has 0 aliphatic carbocycles. The predicted molar refractivity (Wildman–Crippen MR) is 95.0 cm³/mol. The standard InChI is InChI=1S/C19H20N2O4/c1-19(2,3)13-6-4-5-7-14(13)21-18(23)17(22)20-12-8-9-15-16(10-12)25-11-24-15/h4-10H,11H2,1-3H3,(H,20,22)(H,21,23). The minimum absolute atomic E-state index is 0.150. The van der Waals surface area contributed by atoms with Crippen molar-refractivity contribution in [1.82, 2.24) is 0 Å². The van der Waals surface area contributed by atoms with Crippen molar-refractivity contribution in [2.24, 2.45) is 0 Å². The second kappa shape index (κ2) is 6.47. The second-order valence-electron chi connectivity index (χ2n) is 6.77. The molecule has 0 saturated carbocycles. The molecule has 0 aromatic heterocycles. The molecular weight excluding hydrogens is 320 g/mol. The Morgan fingerprint density at radius 1 is 0.920 bits per heavy atom. The smallest absolute Gasteiger partial charge is 0.314 e. The monoisotopic (exact) mass is 340 g/mol. The normalized spacial score (nSPS) is 12.6. The Labute approximate surface area is 146 Å². The molecule has 3 rings (SSSR count). The number of benzene rings is 2. The van der Waals surface area contributed by atoms with Crippen LogP contribution in [-0.2, 0) is 15.0 Å². The van der Waals surface area contributed by atoms with E-state index in [0.717, 1.165) is 5.56 Å². The molecule has 0 radical (unpaired) electrons. The lowest BCUT2D eigenvalue weighted by atomic mass is 9.86. The molecule has 2 amide bonds. The minimum atomic E-state index is -0.748. The Bertz CT molecular complexity index is 824. The summed E-state index contributed by atoms with van der Waals surface area (Å²) >= 11 is 0. The molecule has 0 fully saturated rings. The van der Waals surface area contributed by atoms with Crippen LogP contribution < -0.4 is 20.1 Å². The van der Waals surface area contributed by atoms with Crippen molar-refractivity contribution in [3.05, 3.63) is 48.0 Å². The van der Waals surface area contributed by atoms with Crippen molar-refractivity contribution in [3.8, 4) is 11.5 Å². The summed E-state index contributed by atoms with van der Waals surface area (Å²) in [4.78, 5) is 24.4. The Hall–Kier alpha value is -3.02.